The average molecular weight is 272 g/mol. The summed E-state index contributed by atoms with van der Waals surface area (Å²) in [6.45, 7) is 9.43. The summed E-state index contributed by atoms with van der Waals surface area (Å²) in [7, 11) is 0. The maximum atomic E-state index is 3.66. The summed E-state index contributed by atoms with van der Waals surface area (Å²) in [6, 6.07) is 13.0. The molecule has 1 saturated carbocycles. The normalized spacial score (nSPS) is 34.2. The molecule has 1 N–H and O–H groups in total. The monoisotopic (exact) mass is 272 g/mol. The molecule has 2 fully saturated rings. The molecular weight excluding hydrogens is 244 g/mol. The molecule has 110 valence electrons. The Morgan fingerprint density at radius 2 is 1.95 bits per heavy atom. The Kier molecular flexibility index (Phi) is 3.87. The van der Waals surface area contributed by atoms with Crippen molar-refractivity contribution in [1.82, 2.24) is 10.2 Å². The molecule has 2 heteroatoms. The van der Waals surface area contributed by atoms with Crippen molar-refractivity contribution in [2.24, 2.45) is 5.41 Å². The van der Waals surface area contributed by atoms with Crippen LogP contribution in [0.25, 0.3) is 0 Å². The third-order valence-electron chi connectivity index (χ3n) is 5.14. The summed E-state index contributed by atoms with van der Waals surface area (Å²) in [5.74, 6) is 0. The molecule has 1 aliphatic carbocycles. The Balaban J connectivity index is 1.81. The first-order valence-corrected chi connectivity index (χ1v) is 8.09. The van der Waals surface area contributed by atoms with Gasteiger partial charge in [0, 0.05) is 31.2 Å². The third kappa shape index (κ3) is 2.91. The molecule has 1 aliphatic heterocycles. The second kappa shape index (κ2) is 5.50. The summed E-state index contributed by atoms with van der Waals surface area (Å²) in [5.41, 5.74) is 2.00. The van der Waals surface area contributed by atoms with Crippen molar-refractivity contribution in [3.05, 3.63) is 35.9 Å². The van der Waals surface area contributed by atoms with Gasteiger partial charge in [-0.05, 0) is 37.2 Å². The zero-order chi connectivity index (χ0) is 14.2. The van der Waals surface area contributed by atoms with E-state index in [2.05, 4.69) is 61.3 Å². The van der Waals surface area contributed by atoms with E-state index in [9.17, 15) is 0 Å². The van der Waals surface area contributed by atoms with E-state index in [1.54, 1.807) is 0 Å². The highest BCUT2D eigenvalue weighted by Gasteiger charge is 2.39. The Hall–Kier alpha value is -0.860. The lowest BCUT2D eigenvalue weighted by molar-refractivity contribution is 0.0821. The van der Waals surface area contributed by atoms with Gasteiger partial charge in [-0.1, -0.05) is 44.2 Å². The number of hydrogen-bond acceptors (Lipinski definition) is 2. The first-order valence-electron chi connectivity index (χ1n) is 8.09. The highest BCUT2D eigenvalue weighted by molar-refractivity contribution is 5.21. The number of nitrogens with zero attached hydrogens (tertiary/aromatic N) is 1. The van der Waals surface area contributed by atoms with Gasteiger partial charge in [-0.2, -0.15) is 0 Å². The zero-order valence-electron chi connectivity index (χ0n) is 13.1. The molecule has 2 aliphatic rings. The smallest absolute Gasteiger partial charge is 0.0476 e. The Labute approximate surface area is 123 Å². The molecule has 0 aromatic heterocycles. The molecule has 0 radical (unpaired) electrons. The second-order valence-corrected chi connectivity index (χ2v) is 7.49. The summed E-state index contributed by atoms with van der Waals surface area (Å²) < 4.78 is 0. The molecule has 1 aromatic rings. The predicted octanol–water partition coefficient (Wildman–Crippen LogP) is 3.60. The van der Waals surface area contributed by atoms with Gasteiger partial charge in [0.1, 0.15) is 0 Å². The van der Waals surface area contributed by atoms with Crippen LogP contribution in [-0.4, -0.2) is 30.1 Å². The minimum absolute atomic E-state index is 0.528. The van der Waals surface area contributed by atoms with Crippen molar-refractivity contribution >= 4 is 0 Å². The topological polar surface area (TPSA) is 15.3 Å². The van der Waals surface area contributed by atoms with E-state index >= 15 is 0 Å². The van der Waals surface area contributed by atoms with E-state index < -0.39 is 0 Å². The number of hydrogen-bond donors (Lipinski definition) is 1. The molecule has 0 spiro atoms. The molecular formula is C18H28N2. The molecule has 1 heterocycles. The van der Waals surface area contributed by atoms with Gasteiger partial charge < -0.3 is 5.32 Å². The molecule has 2 nitrogen and oxygen atoms in total. The Morgan fingerprint density at radius 1 is 1.20 bits per heavy atom. The second-order valence-electron chi connectivity index (χ2n) is 7.49. The molecule has 3 rings (SSSR count). The van der Waals surface area contributed by atoms with Crippen molar-refractivity contribution in [2.75, 3.05) is 13.1 Å². The van der Waals surface area contributed by atoms with Crippen LogP contribution in [0.15, 0.2) is 30.3 Å². The lowest BCUT2D eigenvalue weighted by Crippen LogP contribution is -2.54. The van der Waals surface area contributed by atoms with Crippen LogP contribution < -0.4 is 5.32 Å². The van der Waals surface area contributed by atoms with Crippen LogP contribution in [0, 0.1) is 5.41 Å². The lowest BCUT2D eigenvalue weighted by Gasteiger charge is -2.43. The molecule has 0 bridgehead atoms. The van der Waals surface area contributed by atoms with E-state index in [1.165, 1.54) is 31.4 Å². The Morgan fingerprint density at radius 3 is 2.60 bits per heavy atom. The van der Waals surface area contributed by atoms with E-state index in [-0.39, 0.29) is 0 Å². The summed E-state index contributed by atoms with van der Waals surface area (Å²) >= 11 is 0. The maximum absolute atomic E-state index is 3.66. The fourth-order valence-electron chi connectivity index (χ4n) is 4.01. The van der Waals surface area contributed by atoms with Gasteiger partial charge in [-0.15, -0.1) is 0 Å². The SMILES string of the molecule is CC1CN(C2CCC(C)(C)C2)C(c2ccccc2)CN1. The summed E-state index contributed by atoms with van der Waals surface area (Å²) in [4.78, 5) is 2.78. The van der Waals surface area contributed by atoms with Crippen LogP contribution in [0.1, 0.15) is 51.6 Å². The first-order chi connectivity index (χ1) is 9.55. The van der Waals surface area contributed by atoms with Crippen molar-refractivity contribution in [2.45, 2.75) is 58.2 Å². The molecule has 0 amide bonds. The number of nitrogens with one attached hydrogen (secondary N) is 1. The van der Waals surface area contributed by atoms with E-state index in [1.807, 2.05) is 0 Å². The predicted molar refractivity (Wildman–Crippen MR) is 84.8 cm³/mol. The molecule has 1 aromatic carbocycles. The van der Waals surface area contributed by atoms with Crippen LogP contribution in [0.2, 0.25) is 0 Å². The van der Waals surface area contributed by atoms with Gasteiger partial charge in [0.2, 0.25) is 0 Å². The highest BCUT2D eigenvalue weighted by atomic mass is 15.3. The van der Waals surface area contributed by atoms with Gasteiger partial charge in [0.15, 0.2) is 0 Å². The van der Waals surface area contributed by atoms with Crippen LogP contribution in [0.3, 0.4) is 0 Å². The average Bonchev–Trinajstić information content (AvgIpc) is 2.80. The summed E-state index contributed by atoms with van der Waals surface area (Å²) in [6.07, 6.45) is 4.09. The van der Waals surface area contributed by atoms with Crippen LogP contribution in [-0.2, 0) is 0 Å². The van der Waals surface area contributed by atoms with Crippen LogP contribution in [0.5, 0.6) is 0 Å². The third-order valence-corrected chi connectivity index (χ3v) is 5.14. The van der Waals surface area contributed by atoms with Gasteiger partial charge in [0.25, 0.3) is 0 Å². The van der Waals surface area contributed by atoms with Crippen LogP contribution >= 0.6 is 0 Å². The van der Waals surface area contributed by atoms with Crippen molar-refractivity contribution in [1.29, 1.82) is 0 Å². The quantitative estimate of drug-likeness (QED) is 0.885. The fourth-order valence-corrected chi connectivity index (χ4v) is 4.01. The molecule has 20 heavy (non-hydrogen) atoms. The van der Waals surface area contributed by atoms with Crippen LogP contribution in [0.4, 0.5) is 0 Å². The van der Waals surface area contributed by atoms with Gasteiger partial charge in [0.05, 0.1) is 0 Å². The minimum atomic E-state index is 0.528. The highest BCUT2D eigenvalue weighted by Crippen LogP contribution is 2.42. The fraction of sp³-hybridized carbons (Fsp3) is 0.667. The van der Waals surface area contributed by atoms with E-state index in [0.717, 1.165) is 12.6 Å². The van der Waals surface area contributed by atoms with Gasteiger partial charge >= 0.3 is 0 Å². The first kappa shape index (κ1) is 14.1. The van der Waals surface area contributed by atoms with Crippen molar-refractivity contribution < 1.29 is 0 Å². The molecule has 3 unspecified atom stereocenters. The van der Waals surface area contributed by atoms with Gasteiger partial charge in [-0.25, -0.2) is 0 Å². The van der Waals surface area contributed by atoms with E-state index in [0.29, 0.717) is 17.5 Å². The zero-order valence-corrected chi connectivity index (χ0v) is 13.1. The summed E-state index contributed by atoms with van der Waals surface area (Å²) in [5, 5.41) is 3.66. The molecule has 3 atom stereocenters. The largest absolute Gasteiger partial charge is 0.311 e. The maximum Gasteiger partial charge on any atom is 0.0476 e. The molecule has 1 saturated heterocycles. The van der Waals surface area contributed by atoms with Crippen molar-refractivity contribution in [3.63, 3.8) is 0 Å². The number of piperazine rings is 1. The van der Waals surface area contributed by atoms with Crippen molar-refractivity contribution in [3.8, 4) is 0 Å². The van der Waals surface area contributed by atoms with E-state index in [4.69, 9.17) is 0 Å². The number of benzene rings is 1. The number of rotatable bonds is 2. The minimum Gasteiger partial charge on any atom is -0.311 e. The standard InChI is InChI=1S/C18H28N2/c1-14-13-20(16-9-10-18(2,3)11-16)17(12-19-14)15-7-5-4-6-8-15/h4-8,14,16-17,19H,9-13H2,1-3H3. The Bertz CT molecular complexity index is 440. The van der Waals surface area contributed by atoms with Gasteiger partial charge in [-0.3, -0.25) is 4.90 Å². The lowest BCUT2D eigenvalue weighted by atomic mass is 9.91.